The fraction of sp³-hybridized carbons (Fsp3) is 0.125. The smallest absolute Gasteiger partial charge is 0.256 e. The maximum atomic E-state index is 4.25. The molecular formula is C16H13N7S. The first-order chi connectivity index (χ1) is 11.8. The number of hydrogen-bond acceptors (Lipinski definition) is 7. The van der Waals surface area contributed by atoms with Gasteiger partial charge in [-0.05, 0) is 29.5 Å². The number of hydrogen-bond donors (Lipinski definition) is 1. The van der Waals surface area contributed by atoms with Gasteiger partial charge in [0, 0.05) is 10.5 Å². The van der Waals surface area contributed by atoms with E-state index in [-0.39, 0.29) is 0 Å². The van der Waals surface area contributed by atoms with E-state index >= 15 is 0 Å². The second-order valence-corrected chi connectivity index (χ2v) is 6.55. The van der Waals surface area contributed by atoms with Gasteiger partial charge < -0.3 is 0 Å². The molecule has 0 unspecified atom stereocenters. The van der Waals surface area contributed by atoms with Crippen LogP contribution in [0, 0.1) is 6.92 Å². The molecule has 0 spiro atoms. The first kappa shape index (κ1) is 14.7. The van der Waals surface area contributed by atoms with Crippen molar-refractivity contribution >= 4 is 11.8 Å². The van der Waals surface area contributed by atoms with Gasteiger partial charge in [-0.2, -0.15) is 0 Å². The molecule has 4 rings (SSSR count). The van der Waals surface area contributed by atoms with Gasteiger partial charge in [0.2, 0.25) is 0 Å². The maximum Gasteiger partial charge on any atom is 0.288 e. The molecule has 7 nitrogen and oxygen atoms in total. The minimum Gasteiger partial charge on any atom is -0.256 e. The van der Waals surface area contributed by atoms with Crippen molar-refractivity contribution in [1.82, 2.24) is 15.4 Å². The Morgan fingerprint density at radius 2 is 1.62 bits per heavy atom. The molecule has 1 aliphatic heterocycles. The number of H-pyrrole nitrogens is 1. The van der Waals surface area contributed by atoms with Gasteiger partial charge in [-0.3, -0.25) is 5.10 Å². The van der Waals surface area contributed by atoms with Gasteiger partial charge >= 0.3 is 0 Å². The summed E-state index contributed by atoms with van der Waals surface area (Å²) in [4.78, 5) is -0.0350. The normalized spacial score (nSPS) is 15.0. The molecule has 0 radical (unpaired) electrons. The van der Waals surface area contributed by atoms with Gasteiger partial charge in [0.1, 0.15) is 11.4 Å². The lowest BCUT2D eigenvalue weighted by atomic mass is 10.1. The number of nitrogens with one attached hydrogen (secondary N) is 1. The fourth-order valence-electron chi connectivity index (χ4n) is 2.39. The lowest BCUT2D eigenvalue weighted by Gasteiger charge is -2.18. The Balaban J connectivity index is 1.78. The van der Waals surface area contributed by atoms with Crippen molar-refractivity contribution in [3.05, 3.63) is 65.9 Å². The molecule has 0 bridgehead atoms. The van der Waals surface area contributed by atoms with Gasteiger partial charge in [-0.1, -0.05) is 65.0 Å². The molecule has 8 heteroatoms. The lowest BCUT2D eigenvalue weighted by molar-refractivity contribution is 0.660. The highest BCUT2D eigenvalue weighted by atomic mass is 32.2. The Morgan fingerprint density at radius 1 is 0.917 bits per heavy atom. The molecule has 0 fully saturated rings. The van der Waals surface area contributed by atoms with Crippen molar-refractivity contribution in [3.63, 3.8) is 0 Å². The highest BCUT2D eigenvalue weighted by Gasteiger charge is 2.42. The van der Waals surface area contributed by atoms with E-state index in [9.17, 15) is 0 Å². The molecule has 0 saturated carbocycles. The zero-order valence-corrected chi connectivity index (χ0v) is 13.6. The zero-order chi connectivity index (χ0) is 16.4. The van der Waals surface area contributed by atoms with Crippen LogP contribution in [0.5, 0.6) is 0 Å². The van der Waals surface area contributed by atoms with Crippen LogP contribution >= 0.6 is 11.8 Å². The minimum absolute atomic E-state index is 0.658. The molecule has 3 aromatic rings. The third-order valence-corrected chi connectivity index (χ3v) is 4.76. The summed E-state index contributed by atoms with van der Waals surface area (Å²) in [5.74, 6) is 0. The van der Waals surface area contributed by atoms with Crippen LogP contribution in [0.15, 0.2) is 80.2 Å². The van der Waals surface area contributed by atoms with E-state index in [0.29, 0.717) is 11.4 Å². The third-order valence-electron chi connectivity index (χ3n) is 3.60. The Labute approximate surface area is 142 Å². The van der Waals surface area contributed by atoms with E-state index in [1.807, 2.05) is 61.5 Å². The molecule has 1 aromatic heterocycles. The average molecular weight is 335 g/mol. The molecule has 0 atom stereocenters. The predicted octanol–water partition coefficient (Wildman–Crippen LogP) is 4.52. The predicted molar refractivity (Wildman–Crippen MR) is 90.2 cm³/mol. The number of nitrogens with zero attached hydrogens (tertiary/aromatic N) is 6. The summed E-state index contributed by atoms with van der Waals surface area (Å²) in [6.45, 7) is 2.04. The summed E-state index contributed by atoms with van der Waals surface area (Å²) in [5.41, 5.74) is 3.47. The number of thioether (sulfide) groups is 1. The van der Waals surface area contributed by atoms with Crippen LogP contribution in [0.25, 0.3) is 11.3 Å². The van der Waals surface area contributed by atoms with Crippen molar-refractivity contribution in [2.24, 2.45) is 20.7 Å². The molecule has 2 heterocycles. The van der Waals surface area contributed by atoms with E-state index in [0.717, 1.165) is 10.5 Å². The quantitative estimate of drug-likeness (QED) is 0.760. The highest BCUT2D eigenvalue weighted by Crippen LogP contribution is 2.48. The number of rotatable bonds is 4. The van der Waals surface area contributed by atoms with Crippen LogP contribution in [0.4, 0.5) is 0 Å². The van der Waals surface area contributed by atoms with Crippen LogP contribution in [-0.4, -0.2) is 15.4 Å². The SMILES string of the molecule is Cc1ccc(-c2nn[nH]c2C2(Sc3ccccc3)N=NN=N2)cc1. The van der Waals surface area contributed by atoms with Gasteiger partial charge in [0.15, 0.2) is 0 Å². The van der Waals surface area contributed by atoms with E-state index in [2.05, 4.69) is 36.1 Å². The average Bonchev–Trinajstić information content (AvgIpc) is 3.26. The third kappa shape index (κ3) is 2.61. The Morgan fingerprint density at radius 3 is 2.33 bits per heavy atom. The summed E-state index contributed by atoms with van der Waals surface area (Å²) < 4.78 is 0. The number of aromatic nitrogens is 3. The summed E-state index contributed by atoms with van der Waals surface area (Å²) >= 11 is 1.44. The number of benzene rings is 2. The molecule has 0 amide bonds. The second-order valence-electron chi connectivity index (χ2n) is 5.30. The van der Waals surface area contributed by atoms with E-state index in [1.54, 1.807) is 0 Å². The van der Waals surface area contributed by atoms with E-state index < -0.39 is 4.99 Å². The number of aryl methyl sites for hydroxylation is 1. The fourth-order valence-corrected chi connectivity index (χ4v) is 3.42. The zero-order valence-electron chi connectivity index (χ0n) is 12.8. The number of aromatic amines is 1. The maximum absolute atomic E-state index is 4.25. The van der Waals surface area contributed by atoms with Crippen LogP contribution in [0.2, 0.25) is 0 Å². The summed E-state index contributed by atoms with van der Waals surface area (Å²) in [6, 6.07) is 17.9. The Hall–Kier alpha value is -2.87. The first-order valence-electron chi connectivity index (χ1n) is 7.33. The summed E-state index contributed by atoms with van der Waals surface area (Å²) in [5, 5.41) is 27.1. The van der Waals surface area contributed by atoms with Crippen molar-refractivity contribution in [2.75, 3.05) is 0 Å². The monoisotopic (exact) mass is 335 g/mol. The molecule has 2 aromatic carbocycles. The second kappa shape index (κ2) is 5.97. The van der Waals surface area contributed by atoms with Gasteiger partial charge in [-0.15, -0.1) is 15.3 Å². The minimum atomic E-state index is -1.04. The highest BCUT2D eigenvalue weighted by molar-refractivity contribution is 8.00. The standard InChI is InChI=1S/C16H13N7S/c1-11-7-9-12(10-8-11)14-15(18-21-17-14)16(19-22-23-20-16)24-13-5-3-2-4-6-13/h2-10H,1H3,(H,17,18,21). The topological polar surface area (TPSA) is 91.0 Å². The summed E-state index contributed by atoms with van der Waals surface area (Å²) in [6.07, 6.45) is 0. The molecular weight excluding hydrogens is 322 g/mol. The Bertz CT molecular complexity index is 888. The van der Waals surface area contributed by atoms with Crippen molar-refractivity contribution in [1.29, 1.82) is 0 Å². The largest absolute Gasteiger partial charge is 0.288 e. The first-order valence-corrected chi connectivity index (χ1v) is 8.15. The molecule has 0 saturated heterocycles. The van der Waals surface area contributed by atoms with Crippen LogP contribution < -0.4 is 0 Å². The lowest BCUT2D eigenvalue weighted by Crippen LogP contribution is -2.15. The van der Waals surface area contributed by atoms with Gasteiger partial charge in [0.25, 0.3) is 4.99 Å². The molecule has 0 aliphatic carbocycles. The molecule has 24 heavy (non-hydrogen) atoms. The van der Waals surface area contributed by atoms with E-state index in [4.69, 9.17) is 0 Å². The van der Waals surface area contributed by atoms with Crippen molar-refractivity contribution in [3.8, 4) is 11.3 Å². The van der Waals surface area contributed by atoms with Crippen molar-refractivity contribution < 1.29 is 0 Å². The molecule has 1 N–H and O–H groups in total. The van der Waals surface area contributed by atoms with Crippen LogP contribution in [0.3, 0.4) is 0 Å². The summed E-state index contributed by atoms with van der Waals surface area (Å²) in [7, 11) is 0. The van der Waals surface area contributed by atoms with Crippen molar-refractivity contribution in [2.45, 2.75) is 16.8 Å². The van der Waals surface area contributed by atoms with Gasteiger partial charge in [-0.25, -0.2) is 0 Å². The van der Waals surface area contributed by atoms with Crippen LogP contribution in [-0.2, 0) is 4.99 Å². The Kier molecular flexibility index (Phi) is 3.66. The van der Waals surface area contributed by atoms with Crippen LogP contribution in [0.1, 0.15) is 11.3 Å². The van der Waals surface area contributed by atoms with E-state index in [1.165, 1.54) is 17.3 Å². The molecule has 1 aliphatic rings. The van der Waals surface area contributed by atoms with Gasteiger partial charge in [0.05, 0.1) is 0 Å². The molecule has 118 valence electrons.